The molecule has 0 saturated heterocycles. The summed E-state index contributed by atoms with van der Waals surface area (Å²) in [6, 6.07) is 17.2. The first-order valence-corrected chi connectivity index (χ1v) is 11.3. The molecule has 9 nitrogen and oxygen atoms in total. The minimum atomic E-state index is -0.978. The van der Waals surface area contributed by atoms with Crippen LogP contribution in [0.5, 0.6) is 5.75 Å². The molecule has 1 N–H and O–H groups in total. The molecule has 2 aromatic heterocycles. The highest BCUT2D eigenvalue weighted by molar-refractivity contribution is 5.89. The Bertz CT molecular complexity index is 1290. The van der Waals surface area contributed by atoms with Crippen molar-refractivity contribution in [1.29, 1.82) is 0 Å². The zero-order chi connectivity index (χ0) is 25.0. The molecule has 0 radical (unpaired) electrons. The summed E-state index contributed by atoms with van der Waals surface area (Å²) in [5.74, 6) is 0.436. The lowest BCUT2D eigenvalue weighted by atomic mass is 10.1. The lowest BCUT2D eigenvalue weighted by molar-refractivity contribution is -0.143. The van der Waals surface area contributed by atoms with Crippen molar-refractivity contribution in [2.45, 2.75) is 45.4 Å². The molecule has 4 rings (SSSR count). The number of carbonyl (C=O) groups is 2. The molecule has 9 heteroatoms. The van der Waals surface area contributed by atoms with Crippen LogP contribution < -0.4 is 10.1 Å². The summed E-state index contributed by atoms with van der Waals surface area (Å²) < 4.78 is 12.4. The van der Waals surface area contributed by atoms with Crippen LogP contribution in [0, 0.1) is 0 Å². The molecule has 0 aliphatic carbocycles. The largest absolute Gasteiger partial charge is 0.497 e. The van der Waals surface area contributed by atoms with Crippen molar-refractivity contribution in [1.82, 2.24) is 25.2 Å². The third-order valence-electron chi connectivity index (χ3n) is 5.41. The number of amides is 2. The predicted octanol–water partition coefficient (Wildman–Crippen LogP) is 3.72. The summed E-state index contributed by atoms with van der Waals surface area (Å²) in [4.78, 5) is 28.8. The minimum Gasteiger partial charge on any atom is -0.497 e. The van der Waals surface area contributed by atoms with E-state index in [9.17, 15) is 9.59 Å². The number of hydrogen-bond acceptors (Lipinski definition) is 6. The number of nitrogens with one attached hydrogen (secondary N) is 1. The van der Waals surface area contributed by atoms with Crippen LogP contribution in [0.15, 0.2) is 71.3 Å². The molecule has 0 spiro atoms. The van der Waals surface area contributed by atoms with Crippen LogP contribution in [0.2, 0.25) is 0 Å². The summed E-state index contributed by atoms with van der Waals surface area (Å²) in [5, 5.41) is 11.3. The number of nitrogens with zero attached hydrogens (tertiary/aromatic N) is 4. The van der Waals surface area contributed by atoms with Crippen LogP contribution in [0.3, 0.4) is 0 Å². The van der Waals surface area contributed by atoms with Crippen molar-refractivity contribution in [3.63, 3.8) is 0 Å². The fraction of sp³-hybridized carbons (Fsp3) is 0.308. The van der Waals surface area contributed by atoms with Crippen LogP contribution >= 0.6 is 0 Å². The second-order valence-electron chi connectivity index (χ2n) is 9.26. The Morgan fingerprint density at radius 2 is 1.83 bits per heavy atom. The summed E-state index contributed by atoms with van der Waals surface area (Å²) in [6.45, 7) is 5.76. The number of furan rings is 1. The number of aromatic nitrogens is 3. The van der Waals surface area contributed by atoms with E-state index in [0.29, 0.717) is 17.0 Å². The van der Waals surface area contributed by atoms with Gasteiger partial charge in [0.25, 0.3) is 5.91 Å². The topological polar surface area (TPSA) is 102 Å². The van der Waals surface area contributed by atoms with Gasteiger partial charge < -0.3 is 19.4 Å². The third kappa shape index (κ3) is 5.68. The van der Waals surface area contributed by atoms with Gasteiger partial charge in [-0.3, -0.25) is 9.59 Å². The van der Waals surface area contributed by atoms with Gasteiger partial charge >= 0.3 is 0 Å². The molecule has 1 atom stereocenters. The average Bonchev–Trinajstić information content (AvgIpc) is 3.49. The first kappa shape index (κ1) is 24.0. The standard InChI is InChI=1S/C26H29N5O4/c1-26(2,3)27-25(33)24(22-10-7-15-35-22)30(16-18-11-13-19(34-4)14-12-18)23(32)17-31-21-9-6-5-8-20(21)28-29-31/h5-15,24H,16-17H2,1-4H3,(H,27,33)/t24-/m1/s1. The number of methoxy groups -OCH3 is 1. The van der Waals surface area contributed by atoms with Crippen LogP contribution in [0.1, 0.15) is 38.1 Å². The Morgan fingerprint density at radius 1 is 1.09 bits per heavy atom. The second kappa shape index (κ2) is 10.0. The van der Waals surface area contributed by atoms with E-state index < -0.39 is 11.6 Å². The zero-order valence-corrected chi connectivity index (χ0v) is 20.3. The van der Waals surface area contributed by atoms with E-state index in [-0.39, 0.29) is 24.9 Å². The highest BCUT2D eigenvalue weighted by Crippen LogP contribution is 2.26. The van der Waals surface area contributed by atoms with Crippen molar-refractivity contribution in [3.05, 3.63) is 78.3 Å². The quantitative estimate of drug-likeness (QED) is 0.417. The molecule has 0 bridgehead atoms. The Balaban J connectivity index is 1.72. The number of rotatable bonds is 8. The summed E-state index contributed by atoms with van der Waals surface area (Å²) >= 11 is 0. The summed E-state index contributed by atoms with van der Waals surface area (Å²) in [5.41, 5.74) is 1.76. The van der Waals surface area contributed by atoms with Crippen LogP contribution in [0.25, 0.3) is 11.0 Å². The monoisotopic (exact) mass is 475 g/mol. The van der Waals surface area contributed by atoms with E-state index in [0.717, 1.165) is 11.1 Å². The lowest BCUT2D eigenvalue weighted by Crippen LogP contribution is -2.49. The Labute approximate surface area is 203 Å². The number of ether oxygens (including phenoxy) is 1. The summed E-state index contributed by atoms with van der Waals surface area (Å²) in [7, 11) is 1.59. The van der Waals surface area contributed by atoms with Crippen molar-refractivity contribution in [2.24, 2.45) is 0 Å². The van der Waals surface area contributed by atoms with E-state index in [4.69, 9.17) is 9.15 Å². The van der Waals surface area contributed by atoms with Crippen molar-refractivity contribution in [3.8, 4) is 5.75 Å². The Morgan fingerprint density at radius 3 is 2.49 bits per heavy atom. The average molecular weight is 476 g/mol. The van der Waals surface area contributed by atoms with E-state index in [1.165, 1.54) is 11.2 Å². The highest BCUT2D eigenvalue weighted by Gasteiger charge is 2.35. The molecule has 0 saturated carbocycles. The molecule has 182 valence electrons. The maximum atomic E-state index is 13.8. The van der Waals surface area contributed by atoms with Crippen molar-refractivity contribution < 1.29 is 18.7 Å². The smallest absolute Gasteiger partial charge is 0.251 e. The Kier molecular flexibility index (Phi) is 6.86. The Hall–Kier alpha value is -4.14. The molecule has 0 unspecified atom stereocenters. The van der Waals surface area contributed by atoms with Gasteiger partial charge in [0, 0.05) is 12.1 Å². The molecule has 2 aromatic carbocycles. The summed E-state index contributed by atoms with van der Waals surface area (Å²) in [6.07, 6.45) is 1.49. The fourth-order valence-corrected chi connectivity index (χ4v) is 3.81. The van der Waals surface area contributed by atoms with E-state index in [1.807, 2.05) is 69.3 Å². The zero-order valence-electron chi connectivity index (χ0n) is 20.3. The molecular weight excluding hydrogens is 446 g/mol. The molecule has 2 amide bonds. The SMILES string of the molecule is COc1ccc(CN(C(=O)Cn2nnc3ccccc32)[C@@H](C(=O)NC(C)(C)C)c2ccco2)cc1. The molecule has 4 aromatic rings. The maximum absolute atomic E-state index is 13.8. The van der Waals surface area contributed by atoms with Crippen LogP contribution in [-0.4, -0.2) is 44.4 Å². The molecule has 0 aliphatic rings. The number of hydrogen-bond donors (Lipinski definition) is 1. The van der Waals surface area contributed by atoms with Gasteiger partial charge in [-0.1, -0.05) is 29.5 Å². The van der Waals surface area contributed by atoms with Crippen molar-refractivity contribution in [2.75, 3.05) is 7.11 Å². The number of benzene rings is 2. The van der Waals surface area contributed by atoms with Crippen LogP contribution in [0.4, 0.5) is 0 Å². The van der Waals surface area contributed by atoms with Gasteiger partial charge in [-0.25, -0.2) is 4.68 Å². The van der Waals surface area contributed by atoms with E-state index in [2.05, 4.69) is 15.6 Å². The number of carbonyl (C=O) groups excluding carboxylic acids is 2. The molecule has 0 fully saturated rings. The normalized spacial score (nSPS) is 12.3. The third-order valence-corrected chi connectivity index (χ3v) is 5.41. The molecule has 35 heavy (non-hydrogen) atoms. The van der Waals surface area contributed by atoms with E-state index in [1.54, 1.807) is 23.9 Å². The highest BCUT2D eigenvalue weighted by atomic mass is 16.5. The van der Waals surface area contributed by atoms with Gasteiger partial charge in [-0.15, -0.1) is 5.10 Å². The number of para-hydroxylation sites is 1. The molecule has 0 aliphatic heterocycles. The van der Waals surface area contributed by atoms with Crippen LogP contribution in [-0.2, 0) is 22.7 Å². The first-order valence-electron chi connectivity index (χ1n) is 11.3. The van der Waals surface area contributed by atoms with Gasteiger partial charge in [-0.2, -0.15) is 0 Å². The van der Waals surface area contributed by atoms with Gasteiger partial charge in [0.05, 0.1) is 18.9 Å². The van der Waals surface area contributed by atoms with E-state index >= 15 is 0 Å². The van der Waals surface area contributed by atoms with Gasteiger partial charge in [0.2, 0.25) is 5.91 Å². The number of fused-ring (bicyclic) bond motifs is 1. The predicted molar refractivity (Wildman–Crippen MR) is 130 cm³/mol. The van der Waals surface area contributed by atoms with Gasteiger partial charge in [0.1, 0.15) is 23.6 Å². The fourth-order valence-electron chi connectivity index (χ4n) is 3.81. The minimum absolute atomic E-state index is 0.0866. The first-order chi connectivity index (χ1) is 16.7. The lowest BCUT2D eigenvalue weighted by Gasteiger charge is -2.32. The van der Waals surface area contributed by atoms with Crippen molar-refractivity contribution >= 4 is 22.8 Å². The second-order valence-corrected chi connectivity index (χ2v) is 9.26. The molecular formula is C26H29N5O4. The van der Waals surface area contributed by atoms with Gasteiger partial charge in [0.15, 0.2) is 6.04 Å². The molecule has 2 heterocycles. The maximum Gasteiger partial charge on any atom is 0.251 e. The van der Waals surface area contributed by atoms with Gasteiger partial charge in [-0.05, 0) is 62.7 Å².